The highest BCUT2D eigenvalue weighted by Crippen LogP contribution is 2.16. The lowest BCUT2D eigenvalue weighted by Crippen LogP contribution is -2.36. The molecule has 1 atom stereocenters. The Morgan fingerprint density at radius 3 is 2.56 bits per heavy atom. The standard InChI is InChI=1S/C13H20N2O2S/c1-9(2)15(4)13(16)8-18(17)11-5-6-12(14)10(3)7-11/h5-7,9H,8,14H2,1-4H3. The molecule has 18 heavy (non-hydrogen) atoms. The van der Waals surface area contributed by atoms with Crippen molar-refractivity contribution in [2.75, 3.05) is 18.5 Å². The SMILES string of the molecule is Cc1cc(S(=O)CC(=O)N(C)C(C)C)ccc1N. The molecule has 0 aliphatic rings. The predicted octanol–water partition coefficient (Wildman–Crippen LogP) is 1.55. The van der Waals surface area contributed by atoms with Gasteiger partial charge in [0.1, 0.15) is 5.75 Å². The number of hydrogen-bond acceptors (Lipinski definition) is 3. The fraction of sp³-hybridized carbons (Fsp3) is 0.462. The van der Waals surface area contributed by atoms with Gasteiger partial charge in [0.2, 0.25) is 5.91 Å². The number of aryl methyl sites for hydroxylation is 1. The molecule has 0 aliphatic carbocycles. The number of nitrogens with two attached hydrogens (primary N) is 1. The maximum absolute atomic E-state index is 12.1. The van der Waals surface area contributed by atoms with Crippen LogP contribution < -0.4 is 5.73 Å². The molecule has 5 heteroatoms. The lowest BCUT2D eigenvalue weighted by atomic mass is 10.2. The van der Waals surface area contributed by atoms with Crippen LogP contribution in [0.15, 0.2) is 23.1 Å². The van der Waals surface area contributed by atoms with Gasteiger partial charge in [0.25, 0.3) is 0 Å². The number of nitrogens with zero attached hydrogens (tertiary/aromatic N) is 1. The van der Waals surface area contributed by atoms with E-state index >= 15 is 0 Å². The number of carbonyl (C=O) groups is 1. The van der Waals surface area contributed by atoms with Crippen LogP contribution in [-0.2, 0) is 15.6 Å². The Kier molecular flexibility index (Phi) is 4.90. The van der Waals surface area contributed by atoms with E-state index in [1.165, 1.54) is 0 Å². The van der Waals surface area contributed by atoms with Crippen LogP contribution in [0, 0.1) is 6.92 Å². The third-order valence-corrected chi connectivity index (χ3v) is 4.22. The van der Waals surface area contributed by atoms with Crippen LogP contribution in [0.5, 0.6) is 0 Å². The molecule has 0 spiro atoms. The summed E-state index contributed by atoms with van der Waals surface area (Å²) in [4.78, 5) is 14.1. The smallest absolute Gasteiger partial charge is 0.235 e. The van der Waals surface area contributed by atoms with Crippen molar-refractivity contribution in [3.8, 4) is 0 Å². The summed E-state index contributed by atoms with van der Waals surface area (Å²) in [5, 5.41) is 0. The molecular formula is C13H20N2O2S. The van der Waals surface area contributed by atoms with E-state index in [2.05, 4.69) is 0 Å². The first-order valence-corrected chi connectivity index (χ1v) is 7.15. The Morgan fingerprint density at radius 2 is 2.06 bits per heavy atom. The van der Waals surface area contributed by atoms with Crippen LogP contribution in [0.1, 0.15) is 19.4 Å². The van der Waals surface area contributed by atoms with E-state index in [9.17, 15) is 9.00 Å². The van der Waals surface area contributed by atoms with Crippen molar-refractivity contribution in [1.29, 1.82) is 0 Å². The maximum atomic E-state index is 12.1. The molecule has 0 aliphatic heterocycles. The number of rotatable bonds is 4. The van der Waals surface area contributed by atoms with Gasteiger partial charge in [-0.3, -0.25) is 9.00 Å². The Labute approximate surface area is 111 Å². The second kappa shape index (κ2) is 6.00. The molecule has 1 unspecified atom stereocenters. The van der Waals surface area contributed by atoms with Gasteiger partial charge in [-0.15, -0.1) is 0 Å². The van der Waals surface area contributed by atoms with Crippen molar-refractivity contribution in [1.82, 2.24) is 4.90 Å². The van der Waals surface area contributed by atoms with Crippen molar-refractivity contribution in [2.45, 2.75) is 31.7 Å². The Morgan fingerprint density at radius 1 is 1.44 bits per heavy atom. The molecule has 0 fully saturated rings. The number of anilines is 1. The molecule has 1 amide bonds. The van der Waals surface area contributed by atoms with E-state index < -0.39 is 10.8 Å². The molecule has 2 N–H and O–H groups in total. The fourth-order valence-corrected chi connectivity index (χ4v) is 2.50. The summed E-state index contributed by atoms with van der Waals surface area (Å²) in [7, 11) is 0.405. The van der Waals surface area contributed by atoms with Gasteiger partial charge in [-0.25, -0.2) is 0 Å². The molecule has 0 heterocycles. The Bertz CT molecular complexity index is 472. The summed E-state index contributed by atoms with van der Waals surface area (Å²) in [5.41, 5.74) is 7.25. The molecule has 4 nitrogen and oxygen atoms in total. The zero-order valence-corrected chi connectivity index (χ0v) is 12.1. The number of amides is 1. The second-order valence-corrected chi connectivity index (χ2v) is 6.06. The molecule has 100 valence electrons. The molecule has 0 saturated heterocycles. The summed E-state index contributed by atoms with van der Waals surface area (Å²) in [6.45, 7) is 5.71. The molecule has 1 rings (SSSR count). The summed E-state index contributed by atoms with van der Waals surface area (Å²) in [5.74, 6) is -0.101. The number of nitrogen functional groups attached to an aromatic ring is 1. The van der Waals surface area contributed by atoms with Crippen molar-refractivity contribution in [2.24, 2.45) is 0 Å². The molecule has 0 saturated carbocycles. The minimum Gasteiger partial charge on any atom is -0.399 e. The minimum absolute atomic E-state index is 0.0119. The van der Waals surface area contributed by atoms with Gasteiger partial charge in [0, 0.05) is 23.7 Å². The number of carbonyl (C=O) groups excluding carboxylic acids is 1. The van der Waals surface area contributed by atoms with E-state index in [1.807, 2.05) is 20.8 Å². The van der Waals surface area contributed by atoms with E-state index in [0.717, 1.165) is 5.56 Å². The van der Waals surface area contributed by atoms with Crippen LogP contribution in [0.4, 0.5) is 5.69 Å². The topological polar surface area (TPSA) is 63.4 Å². The highest BCUT2D eigenvalue weighted by Gasteiger charge is 2.16. The van der Waals surface area contributed by atoms with Crippen LogP contribution in [-0.4, -0.2) is 33.9 Å². The molecule has 0 bridgehead atoms. The van der Waals surface area contributed by atoms with E-state index in [4.69, 9.17) is 5.73 Å². The molecule has 1 aromatic rings. The van der Waals surface area contributed by atoms with Gasteiger partial charge in [0.05, 0.1) is 10.8 Å². The molecular weight excluding hydrogens is 248 g/mol. The molecule has 0 aromatic heterocycles. The van der Waals surface area contributed by atoms with E-state index in [1.54, 1.807) is 30.1 Å². The fourth-order valence-electron chi connectivity index (χ4n) is 1.38. The minimum atomic E-state index is -1.32. The highest BCUT2D eigenvalue weighted by molar-refractivity contribution is 7.85. The normalized spacial score (nSPS) is 12.5. The first-order valence-electron chi connectivity index (χ1n) is 5.83. The van der Waals surface area contributed by atoms with Gasteiger partial charge in [0.15, 0.2) is 0 Å². The first kappa shape index (κ1) is 14.7. The molecule has 1 aromatic carbocycles. The monoisotopic (exact) mass is 268 g/mol. The van der Waals surface area contributed by atoms with Gasteiger partial charge in [-0.2, -0.15) is 0 Å². The van der Waals surface area contributed by atoms with Crippen LogP contribution in [0.2, 0.25) is 0 Å². The van der Waals surface area contributed by atoms with E-state index in [-0.39, 0.29) is 17.7 Å². The third kappa shape index (κ3) is 3.57. The first-order chi connectivity index (χ1) is 8.32. The van der Waals surface area contributed by atoms with E-state index in [0.29, 0.717) is 10.6 Å². The number of hydrogen-bond donors (Lipinski definition) is 1. The third-order valence-electron chi connectivity index (χ3n) is 2.93. The van der Waals surface area contributed by atoms with Crippen molar-refractivity contribution >= 4 is 22.4 Å². The Balaban J connectivity index is 2.77. The lowest BCUT2D eigenvalue weighted by Gasteiger charge is -2.21. The lowest BCUT2D eigenvalue weighted by molar-refractivity contribution is -0.128. The van der Waals surface area contributed by atoms with Crippen LogP contribution >= 0.6 is 0 Å². The van der Waals surface area contributed by atoms with Gasteiger partial charge in [-0.1, -0.05) is 0 Å². The van der Waals surface area contributed by atoms with Crippen molar-refractivity contribution < 1.29 is 9.00 Å². The summed E-state index contributed by atoms with van der Waals surface area (Å²) in [6.07, 6.45) is 0. The average Bonchev–Trinajstić information content (AvgIpc) is 2.31. The van der Waals surface area contributed by atoms with Gasteiger partial charge < -0.3 is 10.6 Å². The zero-order chi connectivity index (χ0) is 13.9. The maximum Gasteiger partial charge on any atom is 0.235 e. The average molecular weight is 268 g/mol. The Hall–Kier alpha value is -1.36. The molecule has 0 radical (unpaired) electrons. The van der Waals surface area contributed by atoms with Crippen molar-refractivity contribution in [3.05, 3.63) is 23.8 Å². The highest BCUT2D eigenvalue weighted by atomic mass is 32.2. The predicted molar refractivity (Wildman–Crippen MR) is 74.8 cm³/mol. The van der Waals surface area contributed by atoms with Gasteiger partial charge in [-0.05, 0) is 44.5 Å². The van der Waals surface area contributed by atoms with Crippen LogP contribution in [0.3, 0.4) is 0 Å². The zero-order valence-electron chi connectivity index (χ0n) is 11.3. The second-order valence-electron chi connectivity index (χ2n) is 4.61. The summed E-state index contributed by atoms with van der Waals surface area (Å²) in [6, 6.07) is 5.32. The largest absolute Gasteiger partial charge is 0.399 e. The quantitative estimate of drug-likeness (QED) is 0.843. The summed E-state index contributed by atoms with van der Waals surface area (Å²) < 4.78 is 12.1. The summed E-state index contributed by atoms with van der Waals surface area (Å²) >= 11 is 0. The van der Waals surface area contributed by atoms with Gasteiger partial charge >= 0.3 is 0 Å². The van der Waals surface area contributed by atoms with Crippen molar-refractivity contribution in [3.63, 3.8) is 0 Å². The van der Waals surface area contributed by atoms with Crippen LogP contribution in [0.25, 0.3) is 0 Å². The number of benzene rings is 1.